The third kappa shape index (κ3) is 3.87. The van der Waals surface area contributed by atoms with Crippen molar-refractivity contribution < 1.29 is 19.5 Å². The maximum Gasteiger partial charge on any atom is 0.176 e. The van der Waals surface area contributed by atoms with E-state index in [4.69, 9.17) is 0 Å². The first-order chi connectivity index (χ1) is 11.2. The van der Waals surface area contributed by atoms with Crippen LogP contribution in [-0.2, 0) is 30.3 Å². The molecular formula is C22H30BNRh. The second-order valence-electron chi connectivity index (χ2n) is 8.74. The van der Waals surface area contributed by atoms with Crippen LogP contribution in [-0.4, -0.2) is 6.71 Å². The molecule has 1 unspecified atom stereocenters. The Morgan fingerprint density at radius 2 is 1.76 bits per heavy atom. The van der Waals surface area contributed by atoms with Crippen LogP contribution in [0.1, 0.15) is 52.2 Å². The number of hydrogen-bond donors (Lipinski definition) is 1. The van der Waals surface area contributed by atoms with E-state index in [2.05, 4.69) is 89.2 Å². The van der Waals surface area contributed by atoms with Gasteiger partial charge in [-0.2, -0.15) is 0 Å². The third-order valence-corrected chi connectivity index (χ3v) is 5.83. The zero-order chi connectivity index (χ0) is 17.5. The fourth-order valence-corrected chi connectivity index (χ4v) is 4.06. The van der Waals surface area contributed by atoms with Crippen molar-refractivity contribution in [2.75, 3.05) is 5.32 Å². The molecule has 1 heterocycles. The molecular weight excluding hydrogens is 392 g/mol. The molecule has 1 radical (unpaired) electrons. The molecule has 1 aliphatic rings. The van der Waals surface area contributed by atoms with Crippen LogP contribution in [0.15, 0.2) is 42.5 Å². The molecule has 3 heteroatoms. The van der Waals surface area contributed by atoms with E-state index in [0.29, 0.717) is 6.71 Å². The number of fused-ring (bicyclic) bond motifs is 2. The summed E-state index contributed by atoms with van der Waals surface area (Å²) < 4.78 is 0. The van der Waals surface area contributed by atoms with Gasteiger partial charge in [0.2, 0.25) is 0 Å². The maximum absolute atomic E-state index is 3.78. The number of anilines is 2. The van der Waals surface area contributed by atoms with Crippen molar-refractivity contribution in [2.45, 2.75) is 65.0 Å². The summed E-state index contributed by atoms with van der Waals surface area (Å²) >= 11 is 0. The van der Waals surface area contributed by atoms with Gasteiger partial charge in [0.15, 0.2) is 6.71 Å². The monoisotopic (exact) mass is 422 g/mol. The van der Waals surface area contributed by atoms with E-state index in [-0.39, 0.29) is 30.3 Å². The van der Waals surface area contributed by atoms with Crippen molar-refractivity contribution in [3.05, 3.63) is 53.6 Å². The number of nitrogens with one attached hydrogen (secondary N) is 1. The van der Waals surface area contributed by atoms with E-state index in [1.807, 2.05) is 0 Å². The van der Waals surface area contributed by atoms with E-state index in [1.54, 1.807) is 0 Å². The molecule has 2 aromatic rings. The topological polar surface area (TPSA) is 12.0 Å². The van der Waals surface area contributed by atoms with Gasteiger partial charge >= 0.3 is 0 Å². The number of para-hydroxylation sites is 1. The van der Waals surface area contributed by atoms with Crippen molar-refractivity contribution >= 4 is 23.6 Å². The van der Waals surface area contributed by atoms with Gasteiger partial charge in [-0.1, -0.05) is 83.6 Å². The summed E-state index contributed by atoms with van der Waals surface area (Å²) in [6, 6.07) is 15.9. The van der Waals surface area contributed by atoms with Crippen molar-refractivity contribution in [2.24, 2.45) is 0 Å². The minimum atomic E-state index is 0. The van der Waals surface area contributed by atoms with Gasteiger partial charge in [0, 0.05) is 30.9 Å². The van der Waals surface area contributed by atoms with Crippen LogP contribution in [0.4, 0.5) is 11.4 Å². The second-order valence-corrected chi connectivity index (χ2v) is 8.74. The molecule has 135 valence electrons. The normalized spacial score (nSPS) is 19.7. The number of rotatable bonds is 1. The van der Waals surface area contributed by atoms with E-state index in [9.17, 15) is 0 Å². The molecule has 0 aliphatic carbocycles. The molecule has 1 atom stereocenters. The average molecular weight is 422 g/mol. The molecule has 0 fully saturated rings. The van der Waals surface area contributed by atoms with Crippen molar-refractivity contribution in [3.63, 3.8) is 0 Å². The summed E-state index contributed by atoms with van der Waals surface area (Å²) in [7, 11) is 0. The Kier molecular flexibility index (Phi) is 5.89. The first kappa shape index (κ1) is 20.2. The van der Waals surface area contributed by atoms with E-state index in [0.717, 1.165) is 6.42 Å². The first-order valence-corrected chi connectivity index (χ1v) is 9.25. The van der Waals surface area contributed by atoms with Gasteiger partial charge in [0.05, 0.1) is 0 Å². The van der Waals surface area contributed by atoms with Crippen LogP contribution in [0.25, 0.3) is 0 Å². The SMILES string of the molecule is CCC1(C)CB(C)c2ccccc2Nc2cc(C(C)(C)C)ccc21.[Rh]. The van der Waals surface area contributed by atoms with Gasteiger partial charge in [0.1, 0.15) is 0 Å². The van der Waals surface area contributed by atoms with Gasteiger partial charge in [0.25, 0.3) is 0 Å². The third-order valence-electron chi connectivity index (χ3n) is 5.83. The fraction of sp³-hybridized carbons (Fsp3) is 0.455. The van der Waals surface area contributed by atoms with Gasteiger partial charge in [-0.05, 0) is 40.5 Å². The maximum atomic E-state index is 3.78. The smallest absolute Gasteiger partial charge is 0.176 e. The predicted molar refractivity (Wildman–Crippen MR) is 109 cm³/mol. The second kappa shape index (κ2) is 7.28. The van der Waals surface area contributed by atoms with Crippen molar-refractivity contribution in [3.8, 4) is 0 Å². The van der Waals surface area contributed by atoms with Crippen molar-refractivity contribution in [1.29, 1.82) is 0 Å². The molecule has 3 rings (SSSR count). The summed E-state index contributed by atoms with van der Waals surface area (Å²) in [6.07, 6.45) is 2.34. The van der Waals surface area contributed by atoms with Crippen LogP contribution >= 0.6 is 0 Å². The van der Waals surface area contributed by atoms with E-state index in [1.165, 1.54) is 34.3 Å². The Labute approximate surface area is 166 Å². The molecule has 1 nitrogen and oxygen atoms in total. The van der Waals surface area contributed by atoms with Crippen LogP contribution in [0.5, 0.6) is 0 Å². The van der Waals surface area contributed by atoms with E-state index < -0.39 is 0 Å². The zero-order valence-corrected chi connectivity index (χ0v) is 18.0. The molecule has 2 aromatic carbocycles. The Bertz CT molecular complexity index is 750. The van der Waals surface area contributed by atoms with Gasteiger partial charge in [-0.25, -0.2) is 0 Å². The van der Waals surface area contributed by atoms with Crippen molar-refractivity contribution in [1.82, 2.24) is 0 Å². The van der Waals surface area contributed by atoms with Gasteiger partial charge in [-0.15, -0.1) is 0 Å². The van der Waals surface area contributed by atoms with Crippen LogP contribution in [0.3, 0.4) is 0 Å². The molecule has 25 heavy (non-hydrogen) atoms. The fourth-order valence-electron chi connectivity index (χ4n) is 4.06. The standard InChI is InChI=1S/C22H30BN.Rh/c1-7-22(5)15-23(6)18-10-8-9-11-19(18)24-20-14-16(21(2,3)4)12-13-17(20)22;/h8-14,24H,7,15H2,1-6H3;. The number of benzene rings is 2. The molecule has 0 saturated carbocycles. The van der Waals surface area contributed by atoms with Crippen LogP contribution in [0, 0.1) is 0 Å². The molecule has 0 amide bonds. The quantitative estimate of drug-likeness (QED) is 0.579. The van der Waals surface area contributed by atoms with Crippen LogP contribution < -0.4 is 10.8 Å². The zero-order valence-electron chi connectivity index (χ0n) is 16.4. The molecule has 0 aromatic heterocycles. The molecule has 1 aliphatic heterocycles. The summed E-state index contributed by atoms with van der Waals surface area (Å²) in [5.74, 6) is 0. The Hall–Kier alpha value is -1.07. The Morgan fingerprint density at radius 3 is 2.40 bits per heavy atom. The molecule has 0 spiro atoms. The summed E-state index contributed by atoms with van der Waals surface area (Å²) in [4.78, 5) is 0. The number of hydrogen-bond acceptors (Lipinski definition) is 1. The minimum absolute atomic E-state index is 0. The largest absolute Gasteiger partial charge is 0.356 e. The summed E-state index contributed by atoms with van der Waals surface area (Å²) in [5, 5.41) is 3.78. The summed E-state index contributed by atoms with van der Waals surface area (Å²) in [5.41, 5.74) is 7.18. The van der Waals surface area contributed by atoms with E-state index >= 15 is 0 Å². The molecule has 0 bridgehead atoms. The average Bonchev–Trinajstić information content (AvgIpc) is 2.53. The van der Waals surface area contributed by atoms with Gasteiger partial charge in [-0.3, -0.25) is 0 Å². The van der Waals surface area contributed by atoms with Crippen LogP contribution in [0.2, 0.25) is 13.1 Å². The predicted octanol–water partition coefficient (Wildman–Crippen LogP) is 5.74. The Balaban J connectivity index is 0.00000225. The first-order valence-electron chi connectivity index (χ1n) is 9.25. The summed E-state index contributed by atoms with van der Waals surface area (Å²) in [6.45, 7) is 14.5. The molecule has 0 saturated heterocycles. The minimum Gasteiger partial charge on any atom is -0.356 e. The Morgan fingerprint density at radius 1 is 1.08 bits per heavy atom. The molecule has 1 N–H and O–H groups in total. The van der Waals surface area contributed by atoms with Gasteiger partial charge < -0.3 is 5.32 Å².